The standard InChI is InChI=1S/C8H18O2/c1-3-10-7-5-8(2)4-6-9/h8-9H,3-7H2,1-2H3. The molecular formula is C8H18O2. The highest BCUT2D eigenvalue weighted by Gasteiger charge is 1.99. The van der Waals surface area contributed by atoms with Crippen LogP contribution in [0, 0.1) is 5.92 Å². The third-order valence-corrected chi connectivity index (χ3v) is 1.58. The molecule has 0 aromatic carbocycles. The van der Waals surface area contributed by atoms with Crippen LogP contribution in [-0.4, -0.2) is 24.9 Å². The van der Waals surface area contributed by atoms with Gasteiger partial charge in [-0.15, -0.1) is 0 Å². The van der Waals surface area contributed by atoms with E-state index in [4.69, 9.17) is 9.84 Å². The Morgan fingerprint density at radius 2 is 2.10 bits per heavy atom. The van der Waals surface area contributed by atoms with E-state index >= 15 is 0 Å². The zero-order valence-corrected chi connectivity index (χ0v) is 6.97. The van der Waals surface area contributed by atoms with Crippen LogP contribution in [0.3, 0.4) is 0 Å². The summed E-state index contributed by atoms with van der Waals surface area (Å²) in [4.78, 5) is 0. The molecule has 0 fully saturated rings. The molecule has 2 nitrogen and oxygen atoms in total. The summed E-state index contributed by atoms with van der Waals surface area (Å²) in [6, 6.07) is 0. The Labute approximate surface area is 63.2 Å². The quantitative estimate of drug-likeness (QED) is 0.574. The lowest BCUT2D eigenvalue weighted by atomic mass is 10.1. The summed E-state index contributed by atoms with van der Waals surface area (Å²) in [5.41, 5.74) is 0. The fourth-order valence-electron chi connectivity index (χ4n) is 0.794. The molecule has 0 amide bonds. The second-order valence-corrected chi connectivity index (χ2v) is 2.60. The minimum Gasteiger partial charge on any atom is -0.396 e. The van der Waals surface area contributed by atoms with Crippen LogP contribution in [0.25, 0.3) is 0 Å². The van der Waals surface area contributed by atoms with E-state index in [0.29, 0.717) is 12.5 Å². The van der Waals surface area contributed by atoms with Crippen molar-refractivity contribution >= 4 is 0 Å². The van der Waals surface area contributed by atoms with Gasteiger partial charge in [-0.2, -0.15) is 0 Å². The van der Waals surface area contributed by atoms with Crippen LogP contribution < -0.4 is 0 Å². The summed E-state index contributed by atoms with van der Waals surface area (Å²) in [7, 11) is 0. The van der Waals surface area contributed by atoms with E-state index in [9.17, 15) is 0 Å². The topological polar surface area (TPSA) is 29.5 Å². The number of hydrogen-bond acceptors (Lipinski definition) is 2. The molecule has 1 atom stereocenters. The lowest BCUT2D eigenvalue weighted by Crippen LogP contribution is -2.03. The van der Waals surface area contributed by atoms with Gasteiger partial charge in [0.1, 0.15) is 0 Å². The molecule has 0 saturated heterocycles. The first-order valence-electron chi connectivity index (χ1n) is 3.99. The minimum atomic E-state index is 0.299. The predicted octanol–water partition coefficient (Wildman–Crippen LogP) is 1.43. The Morgan fingerprint density at radius 1 is 1.40 bits per heavy atom. The molecule has 0 saturated carbocycles. The van der Waals surface area contributed by atoms with Crippen LogP contribution in [0.2, 0.25) is 0 Å². The van der Waals surface area contributed by atoms with Crippen molar-refractivity contribution in [1.82, 2.24) is 0 Å². The highest BCUT2D eigenvalue weighted by atomic mass is 16.5. The molecule has 0 aromatic rings. The molecular weight excluding hydrogens is 128 g/mol. The van der Waals surface area contributed by atoms with Crippen LogP contribution in [0.4, 0.5) is 0 Å². The summed E-state index contributed by atoms with van der Waals surface area (Å²) in [6.45, 7) is 6.06. The second kappa shape index (κ2) is 7.03. The summed E-state index contributed by atoms with van der Waals surface area (Å²) in [5, 5.41) is 8.55. The maximum atomic E-state index is 8.55. The highest BCUT2D eigenvalue weighted by Crippen LogP contribution is 2.05. The average Bonchev–Trinajstić information content (AvgIpc) is 1.89. The smallest absolute Gasteiger partial charge is 0.0468 e. The van der Waals surface area contributed by atoms with Gasteiger partial charge < -0.3 is 9.84 Å². The molecule has 1 unspecified atom stereocenters. The second-order valence-electron chi connectivity index (χ2n) is 2.60. The zero-order valence-electron chi connectivity index (χ0n) is 6.97. The van der Waals surface area contributed by atoms with E-state index in [-0.39, 0.29) is 0 Å². The Bertz CT molecular complexity index is 64.3. The highest BCUT2D eigenvalue weighted by molar-refractivity contribution is 4.50. The van der Waals surface area contributed by atoms with E-state index in [1.165, 1.54) is 0 Å². The van der Waals surface area contributed by atoms with Gasteiger partial charge in [0.25, 0.3) is 0 Å². The molecule has 0 rings (SSSR count). The largest absolute Gasteiger partial charge is 0.396 e. The van der Waals surface area contributed by atoms with Crippen molar-refractivity contribution in [2.24, 2.45) is 5.92 Å². The van der Waals surface area contributed by atoms with E-state index in [1.54, 1.807) is 0 Å². The maximum Gasteiger partial charge on any atom is 0.0468 e. The van der Waals surface area contributed by atoms with Gasteiger partial charge in [0.2, 0.25) is 0 Å². The van der Waals surface area contributed by atoms with Crippen molar-refractivity contribution in [3.05, 3.63) is 0 Å². The Balaban J connectivity index is 2.97. The third kappa shape index (κ3) is 6.05. The Hall–Kier alpha value is -0.0800. The van der Waals surface area contributed by atoms with Gasteiger partial charge in [-0.3, -0.25) is 0 Å². The number of ether oxygens (including phenoxy) is 1. The van der Waals surface area contributed by atoms with Gasteiger partial charge in [-0.1, -0.05) is 6.92 Å². The first-order chi connectivity index (χ1) is 4.81. The van der Waals surface area contributed by atoms with Crippen LogP contribution in [0.5, 0.6) is 0 Å². The molecule has 0 radical (unpaired) electrons. The van der Waals surface area contributed by atoms with Gasteiger partial charge in [0.15, 0.2) is 0 Å². The molecule has 0 aliphatic heterocycles. The SMILES string of the molecule is CCOCCC(C)CCO. The van der Waals surface area contributed by atoms with Crippen LogP contribution >= 0.6 is 0 Å². The van der Waals surface area contributed by atoms with Gasteiger partial charge in [-0.05, 0) is 25.7 Å². The molecule has 0 aliphatic rings. The van der Waals surface area contributed by atoms with E-state index in [0.717, 1.165) is 26.1 Å². The number of aliphatic hydroxyl groups is 1. The van der Waals surface area contributed by atoms with Crippen LogP contribution in [0.1, 0.15) is 26.7 Å². The molecule has 0 aliphatic carbocycles. The van der Waals surface area contributed by atoms with Gasteiger partial charge in [-0.25, -0.2) is 0 Å². The van der Waals surface area contributed by atoms with Gasteiger partial charge in [0.05, 0.1) is 0 Å². The van der Waals surface area contributed by atoms with Crippen LogP contribution in [-0.2, 0) is 4.74 Å². The summed E-state index contributed by atoms with van der Waals surface area (Å²) in [6.07, 6.45) is 1.96. The fourth-order valence-corrected chi connectivity index (χ4v) is 0.794. The monoisotopic (exact) mass is 146 g/mol. The van der Waals surface area contributed by atoms with Gasteiger partial charge >= 0.3 is 0 Å². The minimum absolute atomic E-state index is 0.299. The fraction of sp³-hybridized carbons (Fsp3) is 1.00. The summed E-state index contributed by atoms with van der Waals surface area (Å²) >= 11 is 0. The van der Waals surface area contributed by atoms with Gasteiger partial charge in [0, 0.05) is 19.8 Å². The van der Waals surface area contributed by atoms with Crippen LogP contribution in [0.15, 0.2) is 0 Å². The van der Waals surface area contributed by atoms with E-state index < -0.39 is 0 Å². The summed E-state index contributed by atoms with van der Waals surface area (Å²) < 4.78 is 5.17. The third-order valence-electron chi connectivity index (χ3n) is 1.58. The predicted molar refractivity (Wildman–Crippen MR) is 42.0 cm³/mol. The first kappa shape index (κ1) is 9.92. The molecule has 2 heteroatoms. The van der Waals surface area contributed by atoms with E-state index in [2.05, 4.69) is 6.92 Å². The van der Waals surface area contributed by atoms with Crippen molar-refractivity contribution in [1.29, 1.82) is 0 Å². The zero-order chi connectivity index (χ0) is 7.82. The van der Waals surface area contributed by atoms with Crippen molar-refractivity contribution in [2.75, 3.05) is 19.8 Å². The van der Waals surface area contributed by atoms with E-state index in [1.807, 2.05) is 6.92 Å². The molecule has 0 aromatic heterocycles. The van der Waals surface area contributed by atoms with Crippen molar-refractivity contribution in [2.45, 2.75) is 26.7 Å². The lowest BCUT2D eigenvalue weighted by molar-refractivity contribution is 0.129. The number of rotatable bonds is 6. The molecule has 0 spiro atoms. The number of hydrogen-bond donors (Lipinski definition) is 1. The molecule has 0 bridgehead atoms. The van der Waals surface area contributed by atoms with Crippen molar-refractivity contribution in [3.63, 3.8) is 0 Å². The Kier molecular flexibility index (Phi) is 6.98. The first-order valence-corrected chi connectivity index (χ1v) is 3.99. The van der Waals surface area contributed by atoms with Crippen molar-refractivity contribution < 1.29 is 9.84 Å². The number of aliphatic hydroxyl groups excluding tert-OH is 1. The summed E-state index contributed by atoms with van der Waals surface area (Å²) in [5.74, 6) is 0.594. The normalized spacial score (nSPS) is 13.5. The maximum absolute atomic E-state index is 8.55. The lowest BCUT2D eigenvalue weighted by Gasteiger charge is -2.08. The molecule has 0 heterocycles. The Morgan fingerprint density at radius 3 is 2.60 bits per heavy atom. The molecule has 10 heavy (non-hydrogen) atoms. The molecule has 1 N–H and O–H groups in total. The average molecular weight is 146 g/mol. The molecule has 62 valence electrons. The van der Waals surface area contributed by atoms with Crippen molar-refractivity contribution in [3.8, 4) is 0 Å².